The average Bonchev–Trinajstić information content (AvgIpc) is 3.23. The summed E-state index contributed by atoms with van der Waals surface area (Å²) in [6, 6.07) is 2.27. The zero-order valence-electron chi connectivity index (χ0n) is 14.0. The first-order valence-electron chi connectivity index (χ1n) is 8.76. The molecule has 1 aromatic rings. The number of nitrogens with one attached hydrogen (secondary N) is 2. The number of nitrogens with zero attached hydrogens (tertiary/aromatic N) is 2. The highest BCUT2D eigenvalue weighted by atomic mass is 32.1. The predicted molar refractivity (Wildman–Crippen MR) is 96.3 cm³/mol. The normalized spacial score (nSPS) is 22.1. The molecule has 0 aliphatic carbocycles. The Morgan fingerprint density at radius 1 is 1.48 bits per heavy atom. The quantitative estimate of drug-likeness (QED) is 0.615. The van der Waals surface area contributed by atoms with Gasteiger partial charge in [0.05, 0.1) is 12.6 Å². The maximum absolute atomic E-state index is 5.64. The number of rotatable bonds is 6. The van der Waals surface area contributed by atoms with Crippen molar-refractivity contribution in [2.45, 2.75) is 38.8 Å². The van der Waals surface area contributed by atoms with Gasteiger partial charge in [0.15, 0.2) is 5.96 Å². The van der Waals surface area contributed by atoms with Crippen molar-refractivity contribution in [1.29, 1.82) is 0 Å². The average molecular weight is 337 g/mol. The second kappa shape index (κ2) is 8.66. The van der Waals surface area contributed by atoms with E-state index in [9.17, 15) is 0 Å². The SMILES string of the molecule is CCNC(=NCC1CCCO1)NCCN1CCc2sccc2C1. The zero-order chi connectivity index (χ0) is 15.9. The lowest BCUT2D eigenvalue weighted by Crippen LogP contribution is -2.42. The third-order valence-corrected chi connectivity index (χ3v) is 5.45. The molecule has 23 heavy (non-hydrogen) atoms. The van der Waals surface area contributed by atoms with Gasteiger partial charge in [0.25, 0.3) is 0 Å². The lowest BCUT2D eigenvalue weighted by Gasteiger charge is -2.27. The van der Waals surface area contributed by atoms with Crippen LogP contribution in [0.15, 0.2) is 16.4 Å². The maximum Gasteiger partial charge on any atom is 0.191 e. The minimum Gasteiger partial charge on any atom is -0.376 e. The molecule has 0 spiro atoms. The molecule has 5 nitrogen and oxygen atoms in total. The van der Waals surface area contributed by atoms with Crippen LogP contribution in [0.2, 0.25) is 0 Å². The number of hydrogen-bond donors (Lipinski definition) is 2. The van der Waals surface area contributed by atoms with Crippen molar-refractivity contribution in [2.24, 2.45) is 4.99 Å². The Balaban J connectivity index is 1.41. The van der Waals surface area contributed by atoms with Crippen LogP contribution in [-0.2, 0) is 17.7 Å². The van der Waals surface area contributed by atoms with Gasteiger partial charge in [-0.05, 0) is 43.2 Å². The van der Waals surface area contributed by atoms with E-state index in [4.69, 9.17) is 4.74 Å². The second-order valence-electron chi connectivity index (χ2n) is 6.18. The third kappa shape index (κ3) is 4.93. The molecule has 0 radical (unpaired) electrons. The van der Waals surface area contributed by atoms with E-state index in [2.05, 4.69) is 38.9 Å². The van der Waals surface area contributed by atoms with E-state index in [-0.39, 0.29) is 0 Å². The van der Waals surface area contributed by atoms with E-state index < -0.39 is 0 Å². The van der Waals surface area contributed by atoms with Crippen molar-refractivity contribution in [3.63, 3.8) is 0 Å². The topological polar surface area (TPSA) is 48.9 Å². The second-order valence-corrected chi connectivity index (χ2v) is 7.18. The van der Waals surface area contributed by atoms with Crippen LogP contribution in [0.1, 0.15) is 30.2 Å². The molecule has 1 unspecified atom stereocenters. The van der Waals surface area contributed by atoms with Gasteiger partial charge in [-0.15, -0.1) is 11.3 Å². The van der Waals surface area contributed by atoms with Crippen LogP contribution in [0, 0.1) is 0 Å². The van der Waals surface area contributed by atoms with Crippen molar-refractivity contribution in [1.82, 2.24) is 15.5 Å². The van der Waals surface area contributed by atoms with E-state index >= 15 is 0 Å². The Bertz CT molecular complexity index is 510. The highest BCUT2D eigenvalue weighted by Gasteiger charge is 2.17. The Hall–Kier alpha value is -1.11. The first-order chi connectivity index (χ1) is 11.3. The van der Waals surface area contributed by atoms with Crippen LogP contribution in [0.3, 0.4) is 0 Å². The van der Waals surface area contributed by atoms with Crippen molar-refractivity contribution >= 4 is 17.3 Å². The molecule has 0 amide bonds. The number of guanidine groups is 1. The van der Waals surface area contributed by atoms with Crippen LogP contribution < -0.4 is 10.6 Å². The van der Waals surface area contributed by atoms with Gasteiger partial charge in [0.2, 0.25) is 0 Å². The van der Waals surface area contributed by atoms with Gasteiger partial charge in [-0.2, -0.15) is 0 Å². The Labute approximate surface area is 143 Å². The summed E-state index contributed by atoms with van der Waals surface area (Å²) in [6.45, 7) is 8.88. The summed E-state index contributed by atoms with van der Waals surface area (Å²) < 4.78 is 5.64. The minimum atomic E-state index is 0.310. The predicted octanol–water partition coefficient (Wildman–Crippen LogP) is 1.84. The van der Waals surface area contributed by atoms with Gasteiger partial charge in [-0.3, -0.25) is 9.89 Å². The van der Waals surface area contributed by atoms with E-state index in [1.54, 1.807) is 4.88 Å². The molecule has 1 atom stereocenters. The summed E-state index contributed by atoms with van der Waals surface area (Å²) in [4.78, 5) is 8.75. The standard InChI is InChI=1S/C17H28N4OS/c1-2-18-17(20-12-15-4-3-10-22-15)19-7-9-21-8-5-16-14(13-21)6-11-23-16/h6,11,15H,2-5,7-10,12-13H2,1H3,(H2,18,19,20). The Kier molecular flexibility index (Phi) is 6.30. The lowest BCUT2D eigenvalue weighted by molar-refractivity contribution is 0.117. The zero-order valence-corrected chi connectivity index (χ0v) is 14.8. The number of fused-ring (bicyclic) bond motifs is 1. The monoisotopic (exact) mass is 336 g/mol. The molecule has 2 aliphatic heterocycles. The molecule has 1 saturated heterocycles. The summed E-state index contributed by atoms with van der Waals surface area (Å²) in [5.74, 6) is 0.913. The van der Waals surface area contributed by atoms with Crippen molar-refractivity contribution in [3.05, 3.63) is 21.9 Å². The molecule has 0 aromatic carbocycles. The fraction of sp³-hybridized carbons (Fsp3) is 0.706. The Morgan fingerprint density at radius 3 is 3.26 bits per heavy atom. The van der Waals surface area contributed by atoms with Gasteiger partial charge >= 0.3 is 0 Å². The molecular formula is C17H28N4OS. The summed E-state index contributed by atoms with van der Waals surface area (Å²) in [7, 11) is 0. The van der Waals surface area contributed by atoms with E-state index in [1.807, 2.05) is 11.3 Å². The van der Waals surface area contributed by atoms with E-state index in [0.717, 1.165) is 51.7 Å². The Morgan fingerprint density at radius 2 is 2.43 bits per heavy atom. The molecule has 1 fully saturated rings. The van der Waals surface area contributed by atoms with Crippen molar-refractivity contribution in [2.75, 3.05) is 39.3 Å². The molecule has 128 valence electrons. The highest BCUT2D eigenvalue weighted by Crippen LogP contribution is 2.23. The maximum atomic E-state index is 5.64. The van der Waals surface area contributed by atoms with Crippen LogP contribution in [0.25, 0.3) is 0 Å². The van der Waals surface area contributed by atoms with Gasteiger partial charge in [0, 0.05) is 44.2 Å². The van der Waals surface area contributed by atoms with Crippen LogP contribution in [-0.4, -0.2) is 56.3 Å². The third-order valence-electron chi connectivity index (χ3n) is 4.43. The van der Waals surface area contributed by atoms with Crippen LogP contribution in [0.4, 0.5) is 0 Å². The van der Waals surface area contributed by atoms with E-state index in [0.29, 0.717) is 6.10 Å². The summed E-state index contributed by atoms with van der Waals surface area (Å²) in [5, 5.41) is 8.99. The molecule has 0 bridgehead atoms. The number of hydrogen-bond acceptors (Lipinski definition) is 4. The molecule has 6 heteroatoms. The van der Waals surface area contributed by atoms with Crippen molar-refractivity contribution < 1.29 is 4.74 Å². The van der Waals surface area contributed by atoms with Gasteiger partial charge in [0.1, 0.15) is 0 Å². The fourth-order valence-electron chi connectivity index (χ4n) is 3.15. The number of thiophene rings is 1. The van der Waals surface area contributed by atoms with Crippen molar-refractivity contribution in [3.8, 4) is 0 Å². The van der Waals surface area contributed by atoms with Gasteiger partial charge < -0.3 is 15.4 Å². The smallest absolute Gasteiger partial charge is 0.191 e. The summed E-state index contributed by atoms with van der Waals surface area (Å²) in [6.07, 6.45) is 3.81. The summed E-state index contributed by atoms with van der Waals surface area (Å²) in [5.41, 5.74) is 1.51. The fourth-order valence-corrected chi connectivity index (χ4v) is 4.04. The minimum absolute atomic E-state index is 0.310. The molecule has 3 heterocycles. The van der Waals surface area contributed by atoms with E-state index in [1.165, 1.54) is 24.9 Å². The largest absolute Gasteiger partial charge is 0.376 e. The molecule has 2 N–H and O–H groups in total. The number of ether oxygens (including phenoxy) is 1. The molecule has 1 aromatic heterocycles. The molecule has 3 rings (SSSR count). The first kappa shape index (κ1) is 16.7. The molecule has 2 aliphatic rings. The first-order valence-corrected chi connectivity index (χ1v) is 9.64. The van der Waals surface area contributed by atoms with Gasteiger partial charge in [-0.1, -0.05) is 0 Å². The van der Waals surface area contributed by atoms with Gasteiger partial charge in [-0.25, -0.2) is 0 Å². The highest BCUT2D eigenvalue weighted by molar-refractivity contribution is 7.10. The molecular weight excluding hydrogens is 308 g/mol. The van der Waals surface area contributed by atoms with Crippen LogP contribution in [0.5, 0.6) is 0 Å². The summed E-state index contributed by atoms with van der Waals surface area (Å²) >= 11 is 1.90. The molecule has 0 saturated carbocycles. The van der Waals surface area contributed by atoms with Crippen LogP contribution >= 0.6 is 11.3 Å². The number of aliphatic imine (C=N–C) groups is 1. The lowest BCUT2D eigenvalue weighted by atomic mass is 10.1.